The summed E-state index contributed by atoms with van der Waals surface area (Å²) in [6, 6.07) is 15.1. The summed E-state index contributed by atoms with van der Waals surface area (Å²) in [6.07, 6.45) is 0.369. The first-order valence-electron chi connectivity index (χ1n) is 14.5. The summed E-state index contributed by atoms with van der Waals surface area (Å²) in [5.74, 6) is 0.582. The first kappa shape index (κ1) is 26.7. The van der Waals surface area contributed by atoms with E-state index < -0.39 is 11.7 Å². The Morgan fingerprint density at radius 3 is 2.49 bits per heavy atom. The lowest BCUT2D eigenvalue weighted by Gasteiger charge is -2.42. The number of carbonyl (C=O) groups excluding carboxylic acids is 1. The minimum Gasteiger partial charge on any atom is -0.485 e. The quantitative estimate of drug-likeness (QED) is 0.584. The maximum atomic E-state index is 13.6. The molecule has 2 fully saturated rings. The minimum atomic E-state index is -0.624. The maximum absolute atomic E-state index is 13.6. The van der Waals surface area contributed by atoms with Gasteiger partial charge in [-0.1, -0.05) is 30.3 Å². The van der Waals surface area contributed by atoms with Gasteiger partial charge in [0.05, 0.1) is 37.5 Å². The van der Waals surface area contributed by atoms with Gasteiger partial charge in [-0.25, -0.2) is 0 Å². The number of hydrogen-bond acceptors (Lipinski definition) is 7. The smallest absolute Gasteiger partial charge is 0.257 e. The van der Waals surface area contributed by atoms with Gasteiger partial charge in [-0.15, -0.1) is 0 Å². The Morgan fingerprint density at radius 1 is 0.974 bits per heavy atom. The van der Waals surface area contributed by atoms with E-state index in [2.05, 4.69) is 45.0 Å². The van der Waals surface area contributed by atoms with Gasteiger partial charge < -0.3 is 19.5 Å². The molecule has 0 bridgehead atoms. The molecular formula is C31H42N4O4. The van der Waals surface area contributed by atoms with Crippen molar-refractivity contribution in [2.24, 2.45) is 0 Å². The number of hydrogen-bond donors (Lipinski definition) is 1. The van der Waals surface area contributed by atoms with Gasteiger partial charge in [-0.2, -0.15) is 0 Å². The zero-order chi connectivity index (χ0) is 27.0. The van der Waals surface area contributed by atoms with Crippen molar-refractivity contribution in [3.63, 3.8) is 0 Å². The van der Waals surface area contributed by atoms with Crippen molar-refractivity contribution in [1.29, 1.82) is 0 Å². The van der Waals surface area contributed by atoms with Crippen LogP contribution in [0.25, 0.3) is 0 Å². The van der Waals surface area contributed by atoms with Crippen molar-refractivity contribution in [1.82, 2.24) is 19.6 Å². The highest BCUT2D eigenvalue weighted by Gasteiger charge is 2.35. The number of aliphatic hydroxyl groups excluding tert-OH is 1. The van der Waals surface area contributed by atoms with Crippen molar-refractivity contribution in [3.05, 3.63) is 64.7 Å². The van der Waals surface area contributed by atoms with Gasteiger partial charge >= 0.3 is 0 Å². The molecule has 2 aromatic rings. The molecule has 1 amide bonds. The molecule has 0 saturated carbocycles. The van der Waals surface area contributed by atoms with Crippen LogP contribution in [0.3, 0.4) is 0 Å². The standard InChI is InChI=1S/C31H42N4O4/c1-31(2)22-35(19-27(36)18-33-10-9-24-5-3-4-6-25(24)17-33)30(37)28-8-7-23(15-29(28)39-31)16-32-11-13-34(14-12-32)26-20-38-21-26/h3-8,15,26-27,36H,9-14,16-22H2,1-2H3/t27-/m1/s1. The summed E-state index contributed by atoms with van der Waals surface area (Å²) in [5, 5.41) is 11.0. The monoisotopic (exact) mass is 534 g/mol. The second-order valence-electron chi connectivity index (χ2n) is 12.3. The van der Waals surface area contributed by atoms with Crippen LogP contribution in [0.2, 0.25) is 0 Å². The molecule has 1 N–H and O–H groups in total. The molecule has 4 aliphatic heterocycles. The molecule has 8 nitrogen and oxygen atoms in total. The van der Waals surface area contributed by atoms with Crippen LogP contribution in [0.5, 0.6) is 5.75 Å². The second-order valence-corrected chi connectivity index (χ2v) is 12.3. The van der Waals surface area contributed by atoms with Crippen molar-refractivity contribution >= 4 is 5.91 Å². The van der Waals surface area contributed by atoms with Gasteiger partial charge in [0.15, 0.2) is 0 Å². The summed E-state index contributed by atoms with van der Waals surface area (Å²) in [7, 11) is 0. The van der Waals surface area contributed by atoms with E-state index in [0.717, 1.165) is 71.0 Å². The van der Waals surface area contributed by atoms with Gasteiger partial charge in [-0.3, -0.25) is 19.5 Å². The van der Waals surface area contributed by atoms with Crippen LogP contribution >= 0.6 is 0 Å². The molecule has 2 aromatic carbocycles. The lowest BCUT2D eigenvalue weighted by Crippen LogP contribution is -2.56. The molecule has 0 radical (unpaired) electrons. The highest BCUT2D eigenvalue weighted by Crippen LogP contribution is 2.31. The van der Waals surface area contributed by atoms with E-state index in [4.69, 9.17) is 9.47 Å². The first-order valence-corrected chi connectivity index (χ1v) is 14.5. The van der Waals surface area contributed by atoms with E-state index in [1.165, 1.54) is 11.1 Å². The van der Waals surface area contributed by atoms with Gasteiger partial charge in [0.1, 0.15) is 11.4 Å². The van der Waals surface area contributed by atoms with Crippen LogP contribution in [0.15, 0.2) is 42.5 Å². The lowest BCUT2D eigenvalue weighted by atomic mass is 9.99. The zero-order valence-electron chi connectivity index (χ0n) is 23.3. The molecule has 1 atom stereocenters. The minimum absolute atomic E-state index is 0.0681. The molecule has 2 saturated heterocycles. The van der Waals surface area contributed by atoms with E-state index in [9.17, 15) is 9.90 Å². The van der Waals surface area contributed by atoms with E-state index in [0.29, 0.717) is 37.0 Å². The predicted molar refractivity (Wildman–Crippen MR) is 150 cm³/mol. The Balaban J connectivity index is 1.08. The summed E-state index contributed by atoms with van der Waals surface area (Å²) in [5.41, 5.74) is 3.91. The highest BCUT2D eigenvalue weighted by molar-refractivity contribution is 5.97. The molecule has 0 unspecified atom stereocenters. The Labute approximate surface area is 232 Å². The van der Waals surface area contributed by atoms with Crippen LogP contribution in [0.1, 0.15) is 40.9 Å². The lowest BCUT2D eigenvalue weighted by molar-refractivity contribution is -0.0774. The van der Waals surface area contributed by atoms with Crippen molar-refractivity contribution in [2.45, 2.75) is 51.1 Å². The van der Waals surface area contributed by atoms with Crippen LogP contribution in [0.4, 0.5) is 0 Å². The topological polar surface area (TPSA) is 68.7 Å². The summed E-state index contributed by atoms with van der Waals surface area (Å²) in [6.45, 7) is 13.9. The van der Waals surface area contributed by atoms with E-state index in [1.807, 2.05) is 26.0 Å². The van der Waals surface area contributed by atoms with Gasteiger partial charge in [0.25, 0.3) is 5.91 Å². The van der Waals surface area contributed by atoms with Gasteiger partial charge in [-0.05, 0) is 49.1 Å². The Bertz CT molecular complexity index is 1170. The second kappa shape index (κ2) is 11.2. The zero-order valence-corrected chi connectivity index (χ0v) is 23.3. The molecule has 210 valence electrons. The fourth-order valence-corrected chi connectivity index (χ4v) is 6.40. The first-order chi connectivity index (χ1) is 18.8. The number of piperazine rings is 1. The number of rotatable bonds is 7. The molecule has 4 aliphatic rings. The number of benzene rings is 2. The number of nitrogens with zero attached hydrogens (tertiary/aromatic N) is 4. The number of carbonyl (C=O) groups is 1. The number of β-amino-alcohol motifs (C(OH)–C–C–N with tert-alkyl or cyclic N) is 1. The predicted octanol–water partition coefficient (Wildman–Crippen LogP) is 2.24. The normalized spacial score (nSPS) is 23.4. The third-order valence-corrected chi connectivity index (χ3v) is 8.58. The molecule has 4 heterocycles. The summed E-state index contributed by atoms with van der Waals surface area (Å²) in [4.78, 5) is 22.7. The molecule has 0 aromatic heterocycles. The highest BCUT2D eigenvalue weighted by atomic mass is 16.5. The summed E-state index contributed by atoms with van der Waals surface area (Å²) >= 11 is 0. The number of ether oxygens (including phenoxy) is 2. The van der Waals surface area contributed by atoms with Gasteiger partial charge in [0, 0.05) is 58.9 Å². The molecule has 0 spiro atoms. The van der Waals surface area contributed by atoms with Gasteiger partial charge in [0.2, 0.25) is 0 Å². The number of amides is 1. The van der Waals surface area contributed by atoms with Crippen molar-refractivity contribution in [2.75, 3.05) is 65.6 Å². The van der Waals surface area contributed by atoms with Crippen LogP contribution in [-0.4, -0.2) is 114 Å². The van der Waals surface area contributed by atoms with Crippen LogP contribution in [0, 0.1) is 0 Å². The van der Waals surface area contributed by atoms with Crippen molar-refractivity contribution < 1.29 is 19.4 Å². The maximum Gasteiger partial charge on any atom is 0.257 e. The average Bonchev–Trinajstić information content (AvgIpc) is 2.96. The van der Waals surface area contributed by atoms with E-state index in [1.54, 1.807) is 4.90 Å². The molecule has 6 rings (SSSR count). The molecule has 39 heavy (non-hydrogen) atoms. The Morgan fingerprint density at radius 2 is 1.74 bits per heavy atom. The average molecular weight is 535 g/mol. The third-order valence-electron chi connectivity index (χ3n) is 8.58. The van der Waals surface area contributed by atoms with Crippen LogP contribution in [-0.2, 0) is 24.2 Å². The largest absolute Gasteiger partial charge is 0.485 e. The fraction of sp³-hybridized carbons (Fsp3) is 0.581. The van der Waals surface area contributed by atoms with Crippen molar-refractivity contribution in [3.8, 4) is 5.75 Å². The molecular weight excluding hydrogens is 492 g/mol. The summed E-state index contributed by atoms with van der Waals surface area (Å²) < 4.78 is 11.8. The SMILES string of the molecule is CC1(C)CN(C[C@H](O)CN2CCc3ccccc3C2)C(=O)c2ccc(CN3CCN(C4COC4)CC3)cc2O1. The van der Waals surface area contributed by atoms with E-state index in [-0.39, 0.29) is 5.91 Å². The number of fused-ring (bicyclic) bond motifs is 2. The molecule has 8 heteroatoms. The third kappa shape index (κ3) is 6.15. The Kier molecular flexibility index (Phi) is 7.66. The fourth-order valence-electron chi connectivity index (χ4n) is 6.40. The Hall–Kier alpha value is -2.49. The molecule has 0 aliphatic carbocycles. The van der Waals surface area contributed by atoms with E-state index >= 15 is 0 Å². The van der Waals surface area contributed by atoms with Crippen LogP contribution < -0.4 is 4.74 Å². The number of aliphatic hydroxyl groups is 1.